The molecule has 174 valence electrons. The standard InChI is InChI=1S/C28H30N4O2/c1-31(2)25(23-16-10-11-17-26(23)34-3)18-29-28(33)24-20-32(19-21-12-6-4-7-13-21)30-27(24)22-14-8-5-9-15-22/h4-17,20,25H,18-19H2,1-3H3,(H,29,33). The minimum Gasteiger partial charge on any atom is -0.496 e. The monoisotopic (exact) mass is 454 g/mol. The number of amides is 1. The zero-order valence-electron chi connectivity index (χ0n) is 19.8. The maximum Gasteiger partial charge on any atom is 0.255 e. The van der Waals surface area contributed by atoms with E-state index in [-0.39, 0.29) is 11.9 Å². The molecule has 6 heteroatoms. The van der Waals surface area contributed by atoms with Gasteiger partial charge in [-0.1, -0.05) is 78.9 Å². The van der Waals surface area contributed by atoms with Gasteiger partial charge in [-0.3, -0.25) is 9.48 Å². The van der Waals surface area contributed by atoms with Crippen LogP contribution >= 0.6 is 0 Å². The second kappa shape index (κ2) is 10.8. The predicted octanol–water partition coefficient (Wildman–Crippen LogP) is 4.64. The van der Waals surface area contributed by atoms with Crippen LogP contribution in [-0.2, 0) is 6.54 Å². The van der Waals surface area contributed by atoms with Crippen molar-refractivity contribution < 1.29 is 9.53 Å². The molecule has 0 saturated heterocycles. The molecule has 34 heavy (non-hydrogen) atoms. The van der Waals surface area contributed by atoms with Crippen molar-refractivity contribution in [3.63, 3.8) is 0 Å². The third-order valence-electron chi connectivity index (χ3n) is 5.82. The van der Waals surface area contributed by atoms with Gasteiger partial charge in [-0.2, -0.15) is 5.10 Å². The van der Waals surface area contributed by atoms with Gasteiger partial charge in [0.05, 0.1) is 25.3 Å². The SMILES string of the molecule is COc1ccccc1C(CNC(=O)c1cn(Cc2ccccc2)nc1-c1ccccc1)N(C)C. The number of rotatable bonds is 9. The number of aromatic nitrogens is 2. The number of hydrogen-bond acceptors (Lipinski definition) is 4. The Labute approximate surface area is 200 Å². The number of likely N-dealkylation sites (N-methyl/N-ethyl adjacent to an activating group) is 1. The average molecular weight is 455 g/mol. The van der Waals surface area contributed by atoms with Crippen molar-refractivity contribution in [3.8, 4) is 17.0 Å². The summed E-state index contributed by atoms with van der Waals surface area (Å²) in [5.41, 5.74) is 4.29. The van der Waals surface area contributed by atoms with Gasteiger partial charge >= 0.3 is 0 Å². The molecule has 0 aliphatic heterocycles. The summed E-state index contributed by atoms with van der Waals surface area (Å²) in [6, 6.07) is 27.8. The van der Waals surface area contributed by atoms with Gasteiger partial charge in [0.25, 0.3) is 5.91 Å². The van der Waals surface area contributed by atoms with Gasteiger partial charge in [-0.05, 0) is 25.7 Å². The topological polar surface area (TPSA) is 59.4 Å². The van der Waals surface area contributed by atoms with Gasteiger partial charge in [0, 0.05) is 23.9 Å². The summed E-state index contributed by atoms with van der Waals surface area (Å²) in [4.78, 5) is 15.5. The van der Waals surface area contributed by atoms with Gasteiger partial charge in [-0.15, -0.1) is 0 Å². The molecule has 1 atom stereocenters. The Kier molecular flexibility index (Phi) is 7.40. The second-order valence-electron chi connectivity index (χ2n) is 8.37. The van der Waals surface area contributed by atoms with Crippen LogP contribution in [0.5, 0.6) is 5.75 Å². The van der Waals surface area contributed by atoms with Gasteiger partial charge in [0.1, 0.15) is 11.4 Å². The second-order valence-corrected chi connectivity index (χ2v) is 8.37. The Morgan fingerprint density at radius 1 is 0.971 bits per heavy atom. The quantitative estimate of drug-likeness (QED) is 0.400. The highest BCUT2D eigenvalue weighted by Gasteiger charge is 2.22. The largest absolute Gasteiger partial charge is 0.496 e. The smallest absolute Gasteiger partial charge is 0.255 e. The molecular formula is C28H30N4O2. The van der Waals surface area contributed by atoms with Gasteiger partial charge in [-0.25, -0.2) is 0 Å². The lowest BCUT2D eigenvalue weighted by molar-refractivity contribution is 0.0942. The molecule has 4 aromatic rings. The molecule has 0 spiro atoms. The van der Waals surface area contributed by atoms with Crippen molar-refractivity contribution in [1.29, 1.82) is 0 Å². The lowest BCUT2D eigenvalue weighted by Gasteiger charge is -2.26. The fourth-order valence-corrected chi connectivity index (χ4v) is 4.05. The fourth-order valence-electron chi connectivity index (χ4n) is 4.05. The number of ether oxygens (including phenoxy) is 1. The Hall–Kier alpha value is -3.90. The van der Waals surface area contributed by atoms with Gasteiger partial charge in [0.2, 0.25) is 0 Å². The number of carbonyl (C=O) groups is 1. The maximum atomic E-state index is 13.4. The number of methoxy groups -OCH3 is 1. The molecule has 1 aromatic heterocycles. The van der Waals surface area contributed by atoms with E-state index in [1.165, 1.54) is 0 Å². The zero-order valence-corrected chi connectivity index (χ0v) is 19.8. The van der Waals surface area contributed by atoms with Crippen LogP contribution in [0.3, 0.4) is 0 Å². The molecule has 4 rings (SSSR count). The van der Waals surface area contributed by atoms with Crippen molar-refractivity contribution >= 4 is 5.91 Å². The Morgan fingerprint density at radius 3 is 2.29 bits per heavy atom. The van der Waals surface area contributed by atoms with Crippen LogP contribution in [0, 0.1) is 0 Å². The van der Waals surface area contributed by atoms with Crippen molar-refractivity contribution in [2.45, 2.75) is 12.6 Å². The molecule has 0 aliphatic rings. The van der Waals surface area contributed by atoms with Crippen LogP contribution < -0.4 is 10.1 Å². The molecule has 0 bridgehead atoms. The summed E-state index contributed by atoms with van der Waals surface area (Å²) in [6.45, 7) is 1.03. The first-order valence-electron chi connectivity index (χ1n) is 11.3. The van der Waals surface area contributed by atoms with Gasteiger partial charge < -0.3 is 15.0 Å². The molecule has 0 aliphatic carbocycles. The fraction of sp³-hybridized carbons (Fsp3) is 0.214. The highest BCUT2D eigenvalue weighted by Crippen LogP contribution is 2.28. The minimum absolute atomic E-state index is 0.0420. The van der Waals surface area contributed by atoms with Crippen LogP contribution in [0.1, 0.15) is 27.5 Å². The molecule has 1 heterocycles. The number of benzene rings is 3. The van der Waals surface area contributed by atoms with E-state index < -0.39 is 0 Å². The summed E-state index contributed by atoms with van der Waals surface area (Å²) >= 11 is 0. The number of carbonyl (C=O) groups excluding carboxylic acids is 1. The maximum absolute atomic E-state index is 13.4. The van der Waals surface area contributed by atoms with Crippen LogP contribution in [0.25, 0.3) is 11.3 Å². The van der Waals surface area contributed by atoms with E-state index >= 15 is 0 Å². The first-order valence-corrected chi connectivity index (χ1v) is 11.3. The van der Waals surface area contributed by atoms with E-state index in [9.17, 15) is 4.79 Å². The molecule has 3 aromatic carbocycles. The molecule has 0 fully saturated rings. The van der Waals surface area contributed by atoms with Crippen molar-refractivity contribution in [2.75, 3.05) is 27.7 Å². The zero-order chi connectivity index (χ0) is 23.9. The average Bonchev–Trinajstić information content (AvgIpc) is 3.29. The molecule has 1 unspecified atom stereocenters. The lowest BCUT2D eigenvalue weighted by Crippen LogP contribution is -2.34. The van der Waals surface area contributed by atoms with Gasteiger partial charge in [0.15, 0.2) is 0 Å². The van der Waals surface area contributed by atoms with Crippen LogP contribution in [0.2, 0.25) is 0 Å². The van der Waals surface area contributed by atoms with Crippen molar-refractivity contribution in [3.05, 3.63) is 108 Å². The molecule has 1 amide bonds. The number of nitrogens with one attached hydrogen (secondary N) is 1. The van der Waals surface area contributed by atoms with E-state index in [0.717, 1.165) is 22.4 Å². The van der Waals surface area contributed by atoms with Crippen LogP contribution in [-0.4, -0.2) is 48.3 Å². The van der Waals surface area contributed by atoms with Crippen LogP contribution in [0.4, 0.5) is 0 Å². The highest BCUT2D eigenvalue weighted by atomic mass is 16.5. The normalized spacial score (nSPS) is 11.9. The molecule has 1 N–H and O–H groups in total. The summed E-state index contributed by atoms with van der Waals surface area (Å²) in [7, 11) is 5.66. The van der Waals surface area contributed by atoms with E-state index in [2.05, 4.69) is 22.3 Å². The first-order chi connectivity index (χ1) is 16.6. The third-order valence-corrected chi connectivity index (χ3v) is 5.82. The molecule has 0 saturated carbocycles. The Bertz CT molecular complexity index is 1220. The van der Waals surface area contributed by atoms with Crippen molar-refractivity contribution in [2.24, 2.45) is 0 Å². The number of nitrogens with zero attached hydrogens (tertiary/aromatic N) is 3. The summed E-state index contributed by atoms with van der Waals surface area (Å²) in [5.74, 6) is 0.649. The summed E-state index contributed by atoms with van der Waals surface area (Å²) in [5, 5.41) is 7.90. The lowest BCUT2D eigenvalue weighted by atomic mass is 10.0. The number of para-hydroxylation sites is 1. The Morgan fingerprint density at radius 2 is 1.62 bits per heavy atom. The summed E-state index contributed by atoms with van der Waals surface area (Å²) in [6.07, 6.45) is 1.83. The van der Waals surface area contributed by atoms with E-state index in [1.54, 1.807) is 7.11 Å². The Balaban J connectivity index is 1.60. The highest BCUT2D eigenvalue weighted by molar-refractivity contribution is 5.99. The van der Waals surface area contributed by atoms with E-state index in [4.69, 9.17) is 9.84 Å². The number of hydrogen-bond donors (Lipinski definition) is 1. The molecule has 6 nitrogen and oxygen atoms in total. The van der Waals surface area contributed by atoms with E-state index in [0.29, 0.717) is 24.3 Å². The van der Waals surface area contributed by atoms with Crippen molar-refractivity contribution in [1.82, 2.24) is 20.0 Å². The van der Waals surface area contributed by atoms with Crippen LogP contribution in [0.15, 0.2) is 91.1 Å². The predicted molar refractivity (Wildman–Crippen MR) is 135 cm³/mol. The third kappa shape index (κ3) is 5.35. The minimum atomic E-state index is -0.153. The summed E-state index contributed by atoms with van der Waals surface area (Å²) < 4.78 is 7.38. The van der Waals surface area contributed by atoms with E-state index in [1.807, 2.05) is 97.8 Å². The first kappa shape index (κ1) is 23.3. The molecular weight excluding hydrogens is 424 g/mol. The molecule has 0 radical (unpaired) electrons.